The van der Waals surface area contributed by atoms with Crippen molar-refractivity contribution >= 4 is 5.65 Å². The van der Waals surface area contributed by atoms with Crippen molar-refractivity contribution in [2.24, 2.45) is 0 Å². The van der Waals surface area contributed by atoms with E-state index in [0.29, 0.717) is 0 Å². The van der Waals surface area contributed by atoms with Gasteiger partial charge in [-0.1, -0.05) is 0 Å². The van der Waals surface area contributed by atoms with Crippen LogP contribution >= 0.6 is 0 Å². The summed E-state index contributed by atoms with van der Waals surface area (Å²) >= 11 is 0. The maximum absolute atomic E-state index is 4.33. The second kappa shape index (κ2) is 3.37. The summed E-state index contributed by atoms with van der Waals surface area (Å²) in [7, 11) is 0. The van der Waals surface area contributed by atoms with Gasteiger partial charge in [0.05, 0.1) is 11.9 Å². The lowest BCUT2D eigenvalue weighted by Crippen LogP contribution is -1.94. The number of hydrogen-bond acceptors (Lipinski definition) is 4. The van der Waals surface area contributed by atoms with Gasteiger partial charge in [0.2, 0.25) is 0 Å². The monoisotopic (exact) mass is 211 g/mol. The predicted octanol–water partition coefficient (Wildman–Crippen LogP) is 1.49. The Morgan fingerprint density at radius 2 is 2.00 bits per heavy atom. The van der Waals surface area contributed by atoms with Crippen LogP contribution in [0.15, 0.2) is 37.1 Å². The average molecular weight is 211 g/mol. The van der Waals surface area contributed by atoms with Gasteiger partial charge in [-0.05, 0) is 13.0 Å². The number of nitrogens with zero attached hydrogens (tertiary/aromatic N) is 5. The van der Waals surface area contributed by atoms with Gasteiger partial charge >= 0.3 is 0 Å². The van der Waals surface area contributed by atoms with Crippen LogP contribution in [0.2, 0.25) is 0 Å². The number of imidazole rings is 1. The molecule has 0 N–H and O–H groups in total. The minimum Gasteiger partial charge on any atom is -0.304 e. The van der Waals surface area contributed by atoms with Crippen molar-refractivity contribution < 1.29 is 0 Å². The molecule has 0 unspecified atom stereocenters. The molecule has 0 aliphatic rings. The molecule has 0 aliphatic carbocycles. The molecule has 0 saturated heterocycles. The molecule has 16 heavy (non-hydrogen) atoms. The smallest absolute Gasteiger partial charge is 0.155 e. The van der Waals surface area contributed by atoms with Crippen molar-refractivity contribution in [3.63, 3.8) is 0 Å². The van der Waals surface area contributed by atoms with Crippen LogP contribution < -0.4 is 0 Å². The highest BCUT2D eigenvalue weighted by molar-refractivity contribution is 5.54. The van der Waals surface area contributed by atoms with E-state index in [-0.39, 0.29) is 0 Å². The zero-order valence-electron chi connectivity index (χ0n) is 8.70. The Bertz CT molecular complexity index is 643. The quantitative estimate of drug-likeness (QED) is 0.612. The highest BCUT2D eigenvalue weighted by atomic mass is 15.0. The molecule has 0 saturated carbocycles. The van der Waals surface area contributed by atoms with E-state index < -0.39 is 0 Å². The lowest BCUT2D eigenvalue weighted by Gasteiger charge is -2.01. The lowest BCUT2D eigenvalue weighted by atomic mass is 10.3. The van der Waals surface area contributed by atoms with Crippen LogP contribution in [0.25, 0.3) is 17.0 Å². The molecule has 0 spiro atoms. The first-order chi connectivity index (χ1) is 7.83. The summed E-state index contributed by atoms with van der Waals surface area (Å²) < 4.78 is 1.92. The SMILES string of the molecule is Cc1nccc(-c2cn3ccnc3cn2)n1. The highest BCUT2D eigenvalue weighted by Crippen LogP contribution is 2.13. The summed E-state index contributed by atoms with van der Waals surface area (Å²) in [5.41, 5.74) is 2.47. The van der Waals surface area contributed by atoms with Gasteiger partial charge in [-0.2, -0.15) is 0 Å². The summed E-state index contributed by atoms with van der Waals surface area (Å²) in [6.45, 7) is 1.86. The number of rotatable bonds is 1. The van der Waals surface area contributed by atoms with Crippen molar-refractivity contribution in [1.82, 2.24) is 24.3 Å². The van der Waals surface area contributed by atoms with E-state index >= 15 is 0 Å². The first-order valence-corrected chi connectivity index (χ1v) is 4.92. The molecule has 0 aromatic carbocycles. The van der Waals surface area contributed by atoms with Crippen LogP contribution in [0, 0.1) is 6.92 Å². The van der Waals surface area contributed by atoms with Gasteiger partial charge in [-0.25, -0.2) is 19.9 Å². The molecule has 0 atom stereocenters. The Labute approximate surface area is 91.9 Å². The van der Waals surface area contributed by atoms with Crippen LogP contribution in [0.1, 0.15) is 5.82 Å². The van der Waals surface area contributed by atoms with E-state index in [1.54, 1.807) is 18.6 Å². The van der Waals surface area contributed by atoms with E-state index in [4.69, 9.17) is 0 Å². The molecule has 0 fully saturated rings. The Hall–Kier alpha value is -2.30. The molecule has 3 heterocycles. The molecule has 0 radical (unpaired) electrons. The lowest BCUT2D eigenvalue weighted by molar-refractivity contribution is 1.04. The molecule has 5 nitrogen and oxygen atoms in total. The average Bonchev–Trinajstić information content (AvgIpc) is 2.75. The predicted molar refractivity (Wildman–Crippen MR) is 58.8 cm³/mol. The van der Waals surface area contributed by atoms with Crippen molar-refractivity contribution in [3.05, 3.63) is 42.9 Å². The fourth-order valence-corrected chi connectivity index (χ4v) is 1.56. The zero-order chi connectivity index (χ0) is 11.0. The van der Waals surface area contributed by atoms with E-state index in [2.05, 4.69) is 19.9 Å². The first kappa shape index (κ1) is 8.96. The van der Waals surface area contributed by atoms with Crippen LogP contribution in [-0.4, -0.2) is 24.3 Å². The Morgan fingerprint density at radius 1 is 1.06 bits per heavy atom. The van der Waals surface area contributed by atoms with Crippen LogP contribution in [0.3, 0.4) is 0 Å². The summed E-state index contributed by atoms with van der Waals surface area (Å²) in [6, 6.07) is 1.85. The van der Waals surface area contributed by atoms with Gasteiger partial charge in [-0.15, -0.1) is 0 Å². The van der Waals surface area contributed by atoms with Crippen molar-refractivity contribution in [1.29, 1.82) is 0 Å². The third-order valence-electron chi connectivity index (χ3n) is 2.32. The van der Waals surface area contributed by atoms with Gasteiger partial charge in [0.1, 0.15) is 11.5 Å². The summed E-state index contributed by atoms with van der Waals surface area (Å²) in [5, 5.41) is 0. The molecule has 0 aliphatic heterocycles. The molecule has 0 amide bonds. The second-order valence-electron chi connectivity index (χ2n) is 3.45. The Morgan fingerprint density at radius 3 is 2.88 bits per heavy atom. The maximum Gasteiger partial charge on any atom is 0.155 e. The summed E-state index contributed by atoms with van der Waals surface area (Å²) in [4.78, 5) is 16.8. The normalized spacial score (nSPS) is 10.8. The van der Waals surface area contributed by atoms with E-state index in [1.807, 2.05) is 29.8 Å². The van der Waals surface area contributed by atoms with Crippen molar-refractivity contribution in [2.75, 3.05) is 0 Å². The first-order valence-electron chi connectivity index (χ1n) is 4.92. The Kier molecular flexibility index (Phi) is 1.89. The van der Waals surface area contributed by atoms with Gasteiger partial charge < -0.3 is 4.40 Å². The molecular weight excluding hydrogens is 202 g/mol. The van der Waals surface area contributed by atoms with Gasteiger partial charge in [0.15, 0.2) is 5.65 Å². The van der Waals surface area contributed by atoms with Gasteiger partial charge in [0, 0.05) is 24.8 Å². The minimum absolute atomic E-state index is 0.741. The molecule has 3 aromatic heterocycles. The molecule has 5 heteroatoms. The van der Waals surface area contributed by atoms with Crippen molar-refractivity contribution in [3.8, 4) is 11.4 Å². The van der Waals surface area contributed by atoms with E-state index in [1.165, 1.54) is 0 Å². The summed E-state index contributed by atoms with van der Waals surface area (Å²) in [5.74, 6) is 0.741. The number of fused-ring (bicyclic) bond motifs is 1. The van der Waals surface area contributed by atoms with Crippen molar-refractivity contribution in [2.45, 2.75) is 6.92 Å². The van der Waals surface area contributed by atoms with E-state index in [9.17, 15) is 0 Å². The zero-order valence-corrected chi connectivity index (χ0v) is 8.70. The molecular formula is C11H9N5. The molecule has 3 aromatic rings. The van der Waals surface area contributed by atoms with Gasteiger partial charge in [0.25, 0.3) is 0 Å². The number of hydrogen-bond donors (Lipinski definition) is 0. The van der Waals surface area contributed by atoms with Crippen LogP contribution in [-0.2, 0) is 0 Å². The van der Waals surface area contributed by atoms with E-state index in [0.717, 1.165) is 22.9 Å². The topological polar surface area (TPSA) is 56.0 Å². The Balaban J connectivity index is 2.18. The van der Waals surface area contributed by atoms with Crippen LogP contribution in [0.5, 0.6) is 0 Å². The number of aryl methyl sites for hydroxylation is 1. The fraction of sp³-hybridized carbons (Fsp3) is 0.0909. The molecule has 0 bridgehead atoms. The summed E-state index contributed by atoms with van der Waals surface area (Å²) in [6.07, 6.45) is 8.99. The second-order valence-corrected chi connectivity index (χ2v) is 3.45. The largest absolute Gasteiger partial charge is 0.304 e. The fourth-order valence-electron chi connectivity index (χ4n) is 1.56. The maximum atomic E-state index is 4.33. The van der Waals surface area contributed by atoms with Gasteiger partial charge in [-0.3, -0.25) is 0 Å². The highest BCUT2D eigenvalue weighted by Gasteiger charge is 2.03. The number of aromatic nitrogens is 5. The molecule has 78 valence electrons. The standard InChI is InChI=1S/C11H9N5/c1-8-12-3-2-9(15-8)10-7-16-5-4-13-11(16)6-14-10/h2-7H,1H3. The molecule has 3 rings (SSSR count). The minimum atomic E-state index is 0.741. The van der Waals surface area contributed by atoms with Crippen LogP contribution in [0.4, 0.5) is 0 Å². The third-order valence-corrected chi connectivity index (χ3v) is 2.32. The third kappa shape index (κ3) is 1.42.